The third-order valence-electron chi connectivity index (χ3n) is 7.91. The van der Waals surface area contributed by atoms with E-state index < -0.39 is 44.5 Å². The third kappa shape index (κ3) is 8.33. The van der Waals surface area contributed by atoms with Gasteiger partial charge < -0.3 is 27.6 Å². The van der Waals surface area contributed by atoms with E-state index in [1.165, 1.54) is 22.3 Å². The molecule has 0 aliphatic heterocycles. The van der Waals surface area contributed by atoms with Gasteiger partial charge in [0.2, 0.25) is 0 Å². The van der Waals surface area contributed by atoms with E-state index in [1.54, 1.807) is 76.5 Å². The van der Waals surface area contributed by atoms with E-state index in [0.717, 1.165) is 17.1 Å². The van der Waals surface area contributed by atoms with Gasteiger partial charge in [-0.15, -0.1) is 0 Å². The van der Waals surface area contributed by atoms with Gasteiger partial charge in [0.05, 0.1) is 38.6 Å². The quantitative estimate of drug-likeness (QED) is 0.154. The second kappa shape index (κ2) is 15.3. The minimum atomic E-state index is -4.08. The fraction of sp³-hybridized carbons (Fsp3) is 0.600. The van der Waals surface area contributed by atoms with E-state index in [9.17, 15) is 9.13 Å². The molecule has 1 aliphatic carbocycles. The van der Waals surface area contributed by atoms with Crippen LogP contribution in [-0.2, 0) is 27.2 Å². The Balaban J connectivity index is 2.12. The molecular weight excluding hydrogens is 610 g/mol. The first-order valence-electron chi connectivity index (χ1n) is 16.0. The number of benzene rings is 2. The van der Waals surface area contributed by atoms with Gasteiger partial charge in [0.1, 0.15) is 11.5 Å². The van der Waals surface area contributed by atoms with Crippen molar-refractivity contribution < 1.29 is 36.7 Å². The van der Waals surface area contributed by atoms with Gasteiger partial charge in [-0.1, -0.05) is 24.6 Å². The Morgan fingerprint density at radius 3 is 1.58 bits per heavy atom. The van der Waals surface area contributed by atoms with E-state index >= 15 is 0 Å². The van der Waals surface area contributed by atoms with E-state index in [0.29, 0.717) is 12.8 Å². The molecule has 2 aromatic rings. The van der Waals surface area contributed by atoms with E-state index in [4.69, 9.17) is 27.6 Å². The van der Waals surface area contributed by atoms with Crippen molar-refractivity contribution in [3.8, 4) is 11.5 Å². The Morgan fingerprint density at radius 1 is 0.711 bits per heavy atom. The Hall–Kier alpha value is -1.92. The van der Waals surface area contributed by atoms with Gasteiger partial charge in [-0.25, -0.2) is 0 Å². The van der Waals surface area contributed by atoms with Gasteiger partial charge in [-0.2, -0.15) is 0 Å². The van der Waals surface area contributed by atoms with Crippen LogP contribution in [0.25, 0.3) is 11.1 Å². The molecule has 45 heavy (non-hydrogen) atoms. The van der Waals surface area contributed by atoms with Gasteiger partial charge in [0, 0.05) is 5.92 Å². The van der Waals surface area contributed by atoms with Gasteiger partial charge in [-0.05, 0) is 134 Å². The topological polar surface area (TPSA) is 89.5 Å². The zero-order valence-electron chi connectivity index (χ0n) is 29.2. The maximum absolute atomic E-state index is 15.0. The molecule has 0 spiro atoms. The summed E-state index contributed by atoms with van der Waals surface area (Å²) in [5.41, 5.74) is 5.84. The zero-order valence-corrected chi connectivity index (χ0v) is 31.0. The molecule has 2 aromatic carbocycles. The molecule has 0 heterocycles. The summed E-state index contributed by atoms with van der Waals surface area (Å²) >= 11 is 0. The van der Waals surface area contributed by atoms with Crippen molar-refractivity contribution in [3.05, 3.63) is 59.2 Å². The van der Waals surface area contributed by atoms with Gasteiger partial charge in [-0.3, -0.25) is 9.13 Å². The molecule has 252 valence electrons. The van der Waals surface area contributed by atoms with E-state index in [-0.39, 0.29) is 12.3 Å². The van der Waals surface area contributed by atoms with Gasteiger partial charge in [0.15, 0.2) is 4.90 Å². The van der Waals surface area contributed by atoms with Crippen LogP contribution in [0.15, 0.2) is 42.5 Å². The highest BCUT2D eigenvalue weighted by Crippen LogP contribution is 2.80. The first-order chi connectivity index (χ1) is 21.0. The second-order valence-electron chi connectivity index (χ2n) is 13.0. The SMILES string of the molecule is COc1ccc(C2=C(C)c3ccc(OC)cc3C2CCCC(C)(P(=O)(OC(C)C)OC(C)C)P(=O)(OC(C)C)OC(C)C)cc1. The van der Waals surface area contributed by atoms with Crippen LogP contribution in [0.3, 0.4) is 0 Å². The summed E-state index contributed by atoms with van der Waals surface area (Å²) < 4.78 is 65.5. The number of hydrogen-bond acceptors (Lipinski definition) is 8. The van der Waals surface area contributed by atoms with Crippen LogP contribution in [0.5, 0.6) is 11.5 Å². The van der Waals surface area contributed by atoms with Crippen LogP contribution < -0.4 is 9.47 Å². The van der Waals surface area contributed by atoms with Crippen LogP contribution in [0.4, 0.5) is 0 Å². The van der Waals surface area contributed by atoms with Crippen molar-refractivity contribution in [2.75, 3.05) is 14.2 Å². The van der Waals surface area contributed by atoms with Crippen molar-refractivity contribution in [3.63, 3.8) is 0 Å². The molecule has 10 heteroatoms. The molecule has 1 aliphatic rings. The Labute approximate surface area is 271 Å². The minimum absolute atomic E-state index is 0.0144. The van der Waals surface area contributed by atoms with Crippen LogP contribution in [0.1, 0.15) is 111 Å². The smallest absolute Gasteiger partial charge is 0.349 e. The lowest BCUT2D eigenvalue weighted by molar-refractivity contribution is 0.109. The Kier molecular flexibility index (Phi) is 12.8. The molecule has 3 rings (SSSR count). The number of fused-ring (bicyclic) bond motifs is 1. The molecule has 8 nitrogen and oxygen atoms in total. The lowest BCUT2D eigenvalue weighted by Crippen LogP contribution is -2.33. The van der Waals surface area contributed by atoms with Crippen LogP contribution in [0.2, 0.25) is 0 Å². The molecular formula is C35H54O8P2. The monoisotopic (exact) mass is 664 g/mol. The van der Waals surface area contributed by atoms with Crippen molar-refractivity contribution in [2.24, 2.45) is 0 Å². The zero-order chi connectivity index (χ0) is 33.7. The molecule has 0 N–H and O–H groups in total. The molecule has 0 aromatic heterocycles. The first-order valence-corrected chi connectivity index (χ1v) is 19.1. The first kappa shape index (κ1) is 37.5. The number of hydrogen-bond donors (Lipinski definition) is 0. The number of ether oxygens (including phenoxy) is 2. The van der Waals surface area contributed by atoms with Gasteiger partial charge in [0.25, 0.3) is 0 Å². The normalized spacial score (nSPS) is 16.0. The summed E-state index contributed by atoms with van der Waals surface area (Å²) in [6, 6.07) is 14.3. The second-order valence-corrected chi connectivity index (χ2v) is 18.2. The summed E-state index contributed by atoms with van der Waals surface area (Å²) in [5, 5.41) is 0. The van der Waals surface area contributed by atoms with Crippen molar-refractivity contribution in [2.45, 2.75) is 124 Å². The predicted octanol–water partition coefficient (Wildman–Crippen LogP) is 10.7. The number of rotatable bonds is 17. The Morgan fingerprint density at radius 2 is 1.16 bits per heavy atom. The molecule has 0 saturated heterocycles. The maximum atomic E-state index is 15.0. The van der Waals surface area contributed by atoms with Crippen molar-refractivity contribution in [1.82, 2.24) is 0 Å². The largest absolute Gasteiger partial charge is 0.497 e. The standard InChI is InChI=1S/C35H54O8P2/c1-23(2)40-44(36,41-24(3)4)35(10,45(37,42-25(5)6)43-26(7)8)21-13-14-32-33-22-30(39-12)19-20-31(33)27(9)34(32)28-15-17-29(38-11)18-16-28/h15-20,22-26,32H,13-14,21H2,1-12H3. The summed E-state index contributed by atoms with van der Waals surface area (Å²) in [4.78, 5) is -1.57. The number of methoxy groups -OCH3 is 2. The van der Waals surface area contributed by atoms with Crippen LogP contribution in [-0.4, -0.2) is 43.5 Å². The maximum Gasteiger partial charge on any atom is 0.349 e. The average molecular weight is 665 g/mol. The van der Waals surface area contributed by atoms with Crippen molar-refractivity contribution >= 4 is 26.3 Å². The van der Waals surface area contributed by atoms with Crippen molar-refractivity contribution in [1.29, 1.82) is 0 Å². The summed E-state index contributed by atoms with van der Waals surface area (Å²) in [6.07, 6.45) is -0.316. The average Bonchev–Trinajstić information content (AvgIpc) is 3.21. The predicted molar refractivity (Wildman–Crippen MR) is 184 cm³/mol. The number of allylic oxidation sites excluding steroid dienone is 2. The summed E-state index contributed by atoms with van der Waals surface area (Å²) in [7, 11) is -4.83. The molecule has 1 unspecified atom stereocenters. The Bertz CT molecular complexity index is 1350. The molecule has 0 saturated carbocycles. The highest BCUT2D eigenvalue weighted by atomic mass is 31.2. The van der Waals surface area contributed by atoms with E-state index in [1.807, 2.05) is 18.2 Å². The molecule has 0 fully saturated rings. The lowest BCUT2D eigenvalue weighted by atomic mass is 9.86. The fourth-order valence-corrected chi connectivity index (χ4v) is 11.9. The molecule has 1 atom stereocenters. The molecule has 0 amide bonds. The van der Waals surface area contributed by atoms with E-state index in [2.05, 4.69) is 31.2 Å². The summed E-state index contributed by atoms with van der Waals surface area (Å²) in [6.45, 7) is 18.2. The lowest BCUT2D eigenvalue weighted by Gasteiger charge is -2.42. The summed E-state index contributed by atoms with van der Waals surface area (Å²) in [5.74, 6) is 1.59. The van der Waals surface area contributed by atoms with Crippen LogP contribution in [0, 0.1) is 0 Å². The minimum Gasteiger partial charge on any atom is -0.497 e. The molecule has 0 bridgehead atoms. The highest BCUT2D eigenvalue weighted by Gasteiger charge is 2.63. The molecule has 0 radical (unpaired) electrons. The fourth-order valence-electron chi connectivity index (χ4n) is 6.03. The van der Waals surface area contributed by atoms with Gasteiger partial charge >= 0.3 is 15.2 Å². The third-order valence-corrected chi connectivity index (χ3v) is 15.0. The highest BCUT2D eigenvalue weighted by molar-refractivity contribution is 7.74. The van der Waals surface area contributed by atoms with Crippen LogP contribution >= 0.6 is 15.2 Å².